The van der Waals surface area contributed by atoms with Gasteiger partial charge in [0.05, 0.1) is 19.8 Å². The molecule has 1 fully saturated rings. The molecule has 1 N–H and O–H groups in total. The summed E-state index contributed by atoms with van der Waals surface area (Å²) in [5, 5.41) is 18.1. The van der Waals surface area contributed by atoms with E-state index in [1.54, 1.807) is 0 Å². The first-order chi connectivity index (χ1) is 10.3. The Labute approximate surface area is 127 Å². The van der Waals surface area contributed by atoms with Crippen molar-refractivity contribution >= 4 is 11.8 Å². The van der Waals surface area contributed by atoms with Crippen LogP contribution in [0.4, 0.5) is 0 Å². The van der Waals surface area contributed by atoms with Crippen molar-refractivity contribution in [2.45, 2.75) is 18.1 Å². The summed E-state index contributed by atoms with van der Waals surface area (Å²) < 4.78 is 10.8. The molecular weight excluding hydrogens is 288 g/mol. The highest BCUT2D eigenvalue weighted by molar-refractivity contribution is 7.99. The third kappa shape index (κ3) is 3.64. The summed E-state index contributed by atoms with van der Waals surface area (Å²) in [6.45, 7) is 1.34. The van der Waals surface area contributed by atoms with E-state index in [2.05, 4.69) is 22.3 Å². The average molecular weight is 306 g/mol. The van der Waals surface area contributed by atoms with Crippen LogP contribution in [0, 0.1) is 5.41 Å². The van der Waals surface area contributed by atoms with E-state index < -0.39 is 0 Å². The van der Waals surface area contributed by atoms with E-state index in [-0.39, 0.29) is 12.0 Å². The van der Waals surface area contributed by atoms with Crippen LogP contribution in [0.5, 0.6) is 0 Å². The first-order valence-electron chi connectivity index (χ1n) is 6.97. The van der Waals surface area contributed by atoms with Crippen molar-refractivity contribution in [3.05, 3.63) is 41.8 Å². The van der Waals surface area contributed by atoms with E-state index in [1.165, 1.54) is 17.3 Å². The Bertz CT molecular complexity index is 564. The van der Waals surface area contributed by atoms with Gasteiger partial charge in [-0.1, -0.05) is 42.1 Å². The molecule has 0 bridgehead atoms. The van der Waals surface area contributed by atoms with Crippen LogP contribution < -0.4 is 0 Å². The number of rotatable bonds is 7. The SMILES string of the molecule is OCC1(CSc2nnc(CCc3ccccc3)o2)COC1. The lowest BCUT2D eigenvalue weighted by atomic mass is 9.90. The molecule has 112 valence electrons. The maximum absolute atomic E-state index is 9.37. The number of thioether (sulfide) groups is 1. The van der Waals surface area contributed by atoms with Gasteiger partial charge in [0, 0.05) is 17.6 Å². The second-order valence-corrected chi connectivity index (χ2v) is 6.31. The van der Waals surface area contributed by atoms with Crippen LogP contribution >= 0.6 is 11.8 Å². The highest BCUT2D eigenvalue weighted by atomic mass is 32.2. The zero-order chi connectivity index (χ0) is 14.5. The summed E-state index contributed by atoms with van der Waals surface area (Å²) in [5.74, 6) is 1.40. The second-order valence-electron chi connectivity index (χ2n) is 5.39. The summed E-state index contributed by atoms with van der Waals surface area (Å²) >= 11 is 1.49. The molecule has 0 spiro atoms. The first kappa shape index (κ1) is 14.6. The van der Waals surface area contributed by atoms with Gasteiger partial charge in [0.1, 0.15) is 0 Å². The Kier molecular flexibility index (Phi) is 4.57. The van der Waals surface area contributed by atoms with Gasteiger partial charge >= 0.3 is 0 Å². The molecule has 6 heteroatoms. The standard InChI is InChI=1S/C15H18N2O3S/c18-8-15(9-19-10-15)11-21-14-17-16-13(20-14)7-6-12-4-2-1-3-5-12/h1-5,18H,6-11H2. The molecule has 1 aliphatic rings. The highest BCUT2D eigenvalue weighted by Gasteiger charge is 2.38. The smallest absolute Gasteiger partial charge is 0.276 e. The van der Waals surface area contributed by atoms with Gasteiger partial charge < -0.3 is 14.3 Å². The zero-order valence-corrected chi connectivity index (χ0v) is 12.5. The van der Waals surface area contributed by atoms with Crippen LogP contribution in [0.15, 0.2) is 40.0 Å². The molecule has 1 aromatic carbocycles. The maximum atomic E-state index is 9.37. The summed E-state index contributed by atoms with van der Waals surface area (Å²) in [6.07, 6.45) is 1.63. The maximum Gasteiger partial charge on any atom is 0.276 e. The predicted molar refractivity (Wildman–Crippen MR) is 79.2 cm³/mol. The topological polar surface area (TPSA) is 68.4 Å². The molecule has 5 nitrogen and oxygen atoms in total. The van der Waals surface area contributed by atoms with Crippen LogP contribution in [0.2, 0.25) is 0 Å². The number of aliphatic hydroxyl groups excluding tert-OH is 1. The van der Waals surface area contributed by atoms with Crippen LogP contribution in [0.25, 0.3) is 0 Å². The third-order valence-corrected chi connectivity index (χ3v) is 4.74. The monoisotopic (exact) mass is 306 g/mol. The van der Waals surface area contributed by atoms with E-state index in [1.807, 2.05) is 18.2 Å². The fourth-order valence-corrected chi connectivity index (χ4v) is 3.06. The summed E-state index contributed by atoms with van der Waals surface area (Å²) in [7, 11) is 0. The van der Waals surface area contributed by atoms with Gasteiger partial charge in [-0.2, -0.15) is 0 Å². The Balaban J connectivity index is 1.49. The minimum absolute atomic E-state index is 0.134. The Morgan fingerprint density at radius 2 is 1.95 bits per heavy atom. The molecule has 1 aliphatic heterocycles. The predicted octanol–water partition coefficient (Wildman–Crippen LogP) is 1.96. The molecule has 2 heterocycles. The number of aryl methyl sites for hydroxylation is 2. The van der Waals surface area contributed by atoms with Crippen molar-refractivity contribution in [2.75, 3.05) is 25.6 Å². The molecule has 0 saturated carbocycles. The Morgan fingerprint density at radius 3 is 2.62 bits per heavy atom. The van der Waals surface area contributed by atoms with Crippen molar-refractivity contribution < 1.29 is 14.3 Å². The largest absolute Gasteiger partial charge is 0.416 e. The summed E-state index contributed by atoms with van der Waals surface area (Å²) in [6, 6.07) is 10.2. The third-order valence-electron chi connectivity index (χ3n) is 3.57. The van der Waals surface area contributed by atoms with Gasteiger partial charge in [-0.15, -0.1) is 10.2 Å². The number of hydrogen-bond donors (Lipinski definition) is 1. The molecule has 1 saturated heterocycles. The van der Waals surface area contributed by atoms with Gasteiger partial charge in [-0.05, 0) is 12.0 Å². The number of ether oxygens (including phenoxy) is 1. The van der Waals surface area contributed by atoms with Crippen molar-refractivity contribution in [3.8, 4) is 0 Å². The molecule has 2 aromatic rings. The highest BCUT2D eigenvalue weighted by Crippen LogP contribution is 2.33. The van der Waals surface area contributed by atoms with Crippen molar-refractivity contribution in [1.82, 2.24) is 10.2 Å². The number of aliphatic hydroxyl groups is 1. The molecule has 0 radical (unpaired) electrons. The van der Waals surface area contributed by atoms with Gasteiger partial charge in [-0.25, -0.2) is 0 Å². The first-order valence-corrected chi connectivity index (χ1v) is 7.96. The number of benzene rings is 1. The average Bonchev–Trinajstić information content (AvgIpc) is 2.94. The summed E-state index contributed by atoms with van der Waals surface area (Å²) in [4.78, 5) is 0. The fraction of sp³-hybridized carbons (Fsp3) is 0.467. The molecule has 0 atom stereocenters. The second kappa shape index (κ2) is 6.60. The van der Waals surface area contributed by atoms with Crippen LogP contribution in [-0.4, -0.2) is 40.9 Å². The molecule has 0 aliphatic carbocycles. The number of hydrogen-bond acceptors (Lipinski definition) is 6. The summed E-state index contributed by atoms with van der Waals surface area (Å²) in [5.41, 5.74) is 1.12. The molecule has 0 amide bonds. The van der Waals surface area contributed by atoms with Crippen molar-refractivity contribution in [3.63, 3.8) is 0 Å². The van der Waals surface area contributed by atoms with Crippen LogP contribution in [-0.2, 0) is 17.6 Å². The van der Waals surface area contributed by atoms with Crippen molar-refractivity contribution in [2.24, 2.45) is 5.41 Å². The van der Waals surface area contributed by atoms with Gasteiger partial charge in [-0.3, -0.25) is 0 Å². The zero-order valence-electron chi connectivity index (χ0n) is 11.7. The van der Waals surface area contributed by atoms with Gasteiger partial charge in [0.25, 0.3) is 5.22 Å². The minimum atomic E-state index is -0.136. The minimum Gasteiger partial charge on any atom is -0.416 e. The lowest BCUT2D eigenvalue weighted by Gasteiger charge is -2.39. The quantitative estimate of drug-likeness (QED) is 0.789. The molecular formula is C15H18N2O3S. The van der Waals surface area contributed by atoms with E-state index in [4.69, 9.17) is 9.15 Å². The van der Waals surface area contributed by atoms with Crippen LogP contribution in [0.3, 0.4) is 0 Å². The van der Waals surface area contributed by atoms with E-state index in [0.29, 0.717) is 24.3 Å². The van der Waals surface area contributed by atoms with E-state index in [9.17, 15) is 5.11 Å². The van der Waals surface area contributed by atoms with E-state index in [0.717, 1.165) is 18.6 Å². The number of nitrogens with zero attached hydrogens (tertiary/aromatic N) is 2. The number of aromatic nitrogens is 2. The molecule has 0 unspecified atom stereocenters. The lowest BCUT2D eigenvalue weighted by molar-refractivity contribution is -0.121. The Morgan fingerprint density at radius 1 is 1.14 bits per heavy atom. The van der Waals surface area contributed by atoms with Crippen LogP contribution in [0.1, 0.15) is 11.5 Å². The fourth-order valence-electron chi connectivity index (χ4n) is 2.12. The van der Waals surface area contributed by atoms with Gasteiger partial charge in [0.2, 0.25) is 5.89 Å². The molecule has 21 heavy (non-hydrogen) atoms. The Hall–Kier alpha value is -1.37. The molecule has 1 aromatic heterocycles. The van der Waals surface area contributed by atoms with Crippen molar-refractivity contribution in [1.29, 1.82) is 0 Å². The molecule has 3 rings (SSSR count). The van der Waals surface area contributed by atoms with Gasteiger partial charge in [0.15, 0.2) is 0 Å². The lowest BCUT2D eigenvalue weighted by Crippen LogP contribution is -2.47. The normalized spacial score (nSPS) is 16.6. The van der Waals surface area contributed by atoms with E-state index >= 15 is 0 Å².